The molecule has 0 spiro atoms. The molecule has 2 heterocycles. The smallest absolute Gasteiger partial charge is 0.109 e. The maximum atomic E-state index is 4.67. The molecule has 2 aromatic rings. The van der Waals surface area contributed by atoms with Crippen LogP contribution in [0.4, 0.5) is 0 Å². The molecule has 0 amide bonds. The second kappa shape index (κ2) is 4.96. The Morgan fingerprint density at radius 1 is 1.06 bits per heavy atom. The van der Waals surface area contributed by atoms with Gasteiger partial charge in [-0.1, -0.05) is 20.8 Å². The van der Waals surface area contributed by atoms with Gasteiger partial charge < -0.3 is 9.97 Å². The van der Waals surface area contributed by atoms with E-state index < -0.39 is 0 Å². The molecular formula is C14H22N4. The minimum atomic E-state index is 0.436. The van der Waals surface area contributed by atoms with Crippen LogP contribution in [-0.2, 0) is 12.8 Å². The molecule has 0 saturated carbocycles. The highest BCUT2D eigenvalue weighted by atomic mass is 15.0. The molecule has 2 rings (SSSR count). The topological polar surface area (TPSA) is 57.4 Å². The highest BCUT2D eigenvalue weighted by Crippen LogP contribution is 2.18. The summed E-state index contributed by atoms with van der Waals surface area (Å²) in [7, 11) is 0. The molecule has 0 aromatic carbocycles. The third-order valence-electron chi connectivity index (χ3n) is 3.21. The van der Waals surface area contributed by atoms with Gasteiger partial charge in [-0.15, -0.1) is 0 Å². The fraction of sp³-hybridized carbons (Fsp3) is 0.571. The lowest BCUT2D eigenvalue weighted by molar-refractivity contribution is 0.786. The molecule has 0 fully saturated rings. The van der Waals surface area contributed by atoms with Gasteiger partial charge in [-0.05, 0) is 20.3 Å². The molecule has 18 heavy (non-hydrogen) atoms. The zero-order chi connectivity index (χ0) is 13.3. The van der Waals surface area contributed by atoms with Crippen molar-refractivity contribution >= 4 is 0 Å². The number of H-pyrrole nitrogens is 2. The number of rotatable bonds is 4. The largest absolute Gasteiger partial charge is 0.346 e. The summed E-state index contributed by atoms with van der Waals surface area (Å²) in [6.07, 6.45) is 1.79. The number of aromatic amines is 2. The van der Waals surface area contributed by atoms with Crippen molar-refractivity contribution in [3.8, 4) is 0 Å². The van der Waals surface area contributed by atoms with Gasteiger partial charge in [-0.3, -0.25) is 0 Å². The molecule has 0 aliphatic carbocycles. The first-order valence-electron chi connectivity index (χ1n) is 6.61. The average Bonchev–Trinajstić information content (AvgIpc) is 2.83. The fourth-order valence-electron chi connectivity index (χ4n) is 2.18. The van der Waals surface area contributed by atoms with Crippen LogP contribution in [0, 0.1) is 13.8 Å². The first-order chi connectivity index (χ1) is 8.51. The molecule has 98 valence electrons. The lowest BCUT2D eigenvalue weighted by Gasteiger charge is -1.99. The molecule has 0 aliphatic heterocycles. The summed E-state index contributed by atoms with van der Waals surface area (Å²) in [5.41, 5.74) is 4.63. The summed E-state index contributed by atoms with van der Waals surface area (Å²) in [6.45, 7) is 10.5. The van der Waals surface area contributed by atoms with E-state index in [0.717, 1.165) is 35.9 Å². The van der Waals surface area contributed by atoms with Gasteiger partial charge in [0, 0.05) is 23.7 Å². The van der Waals surface area contributed by atoms with Crippen molar-refractivity contribution in [2.24, 2.45) is 0 Å². The van der Waals surface area contributed by atoms with Crippen LogP contribution >= 0.6 is 0 Å². The Morgan fingerprint density at radius 3 is 2.28 bits per heavy atom. The average molecular weight is 246 g/mol. The predicted octanol–water partition coefficient (Wildman–Crippen LogP) is 3.03. The highest BCUT2D eigenvalue weighted by Gasteiger charge is 2.14. The molecule has 2 aromatic heterocycles. The molecule has 0 saturated heterocycles. The van der Waals surface area contributed by atoms with Crippen molar-refractivity contribution in [2.75, 3.05) is 0 Å². The number of aromatic nitrogens is 4. The van der Waals surface area contributed by atoms with Crippen molar-refractivity contribution < 1.29 is 0 Å². The van der Waals surface area contributed by atoms with Gasteiger partial charge in [0.2, 0.25) is 0 Å². The summed E-state index contributed by atoms with van der Waals surface area (Å²) in [5, 5.41) is 0. The van der Waals surface area contributed by atoms with Crippen LogP contribution in [0.25, 0.3) is 0 Å². The standard InChI is InChI=1S/C14H22N4/c1-6-11-13(18-14(17-11)8(2)3)7-12-9(4)15-10(5)16-12/h8H,6-7H2,1-5H3,(H,15,16)(H,17,18). The first kappa shape index (κ1) is 12.9. The summed E-state index contributed by atoms with van der Waals surface area (Å²) >= 11 is 0. The van der Waals surface area contributed by atoms with Crippen molar-refractivity contribution in [2.45, 2.75) is 53.4 Å². The Hall–Kier alpha value is -1.58. The molecule has 0 aliphatic rings. The molecule has 0 unspecified atom stereocenters. The quantitative estimate of drug-likeness (QED) is 0.871. The predicted molar refractivity (Wildman–Crippen MR) is 72.9 cm³/mol. The van der Waals surface area contributed by atoms with Gasteiger partial charge >= 0.3 is 0 Å². The normalized spacial score (nSPS) is 11.4. The van der Waals surface area contributed by atoms with Crippen LogP contribution in [0.3, 0.4) is 0 Å². The van der Waals surface area contributed by atoms with Crippen molar-refractivity contribution in [3.05, 3.63) is 34.4 Å². The maximum absolute atomic E-state index is 4.67. The zero-order valence-corrected chi connectivity index (χ0v) is 11.9. The Kier molecular flexibility index (Phi) is 3.55. The van der Waals surface area contributed by atoms with Gasteiger partial charge in [0.05, 0.1) is 11.4 Å². The van der Waals surface area contributed by atoms with Gasteiger partial charge in [0.25, 0.3) is 0 Å². The summed E-state index contributed by atoms with van der Waals surface area (Å²) in [6, 6.07) is 0. The van der Waals surface area contributed by atoms with Crippen molar-refractivity contribution in [1.82, 2.24) is 19.9 Å². The zero-order valence-electron chi connectivity index (χ0n) is 11.9. The van der Waals surface area contributed by atoms with Crippen LogP contribution in [0.5, 0.6) is 0 Å². The fourth-order valence-corrected chi connectivity index (χ4v) is 2.18. The Balaban J connectivity index is 2.30. The van der Waals surface area contributed by atoms with Gasteiger partial charge in [0.1, 0.15) is 11.6 Å². The van der Waals surface area contributed by atoms with Crippen LogP contribution in [-0.4, -0.2) is 19.9 Å². The number of hydrogen-bond acceptors (Lipinski definition) is 2. The van der Waals surface area contributed by atoms with Crippen LogP contribution < -0.4 is 0 Å². The number of nitrogens with zero attached hydrogens (tertiary/aromatic N) is 2. The molecule has 2 N–H and O–H groups in total. The number of nitrogens with one attached hydrogen (secondary N) is 2. The van der Waals surface area contributed by atoms with E-state index in [2.05, 4.69) is 47.6 Å². The number of aryl methyl sites for hydroxylation is 3. The van der Waals surface area contributed by atoms with E-state index in [-0.39, 0.29) is 0 Å². The van der Waals surface area contributed by atoms with E-state index >= 15 is 0 Å². The second-order valence-electron chi connectivity index (χ2n) is 5.13. The van der Waals surface area contributed by atoms with Crippen molar-refractivity contribution in [1.29, 1.82) is 0 Å². The molecule has 0 atom stereocenters. The van der Waals surface area contributed by atoms with Gasteiger partial charge in [0.15, 0.2) is 0 Å². The molecular weight excluding hydrogens is 224 g/mol. The summed E-state index contributed by atoms with van der Waals surface area (Å²) in [4.78, 5) is 15.9. The number of hydrogen-bond donors (Lipinski definition) is 2. The maximum Gasteiger partial charge on any atom is 0.109 e. The van der Waals surface area contributed by atoms with Crippen LogP contribution in [0.2, 0.25) is 0 Å². The van der Waals surface area contributed by atoms with E-state index in [1.165, 1.54) is 11.4 Å². The minimum Gasteiger partial charge on any atom is -0.346 e. The van der Waals surface area contributed by atoms with E-state index in [0.29, 0.717) is 5.92 Å². The first-order valence-corrected chi connectivity index (χ1v) is 6.61. The lowest BCUT2D eigenvalue weighted by atomic mass is 10.1. The minimum absolute atomic E-state index is 0.436. The third-order valence-corrected chi connectivity index (χ3v) is 3.21. The lowest BCUT2D eigenvalue weighted by Crippen LogP contribution is -1.96. The Bertz CT molecular complexity index is 534. The van der Waals surface area contributed by atoms with Crippen LogP contribution in [0.1, 0.15) is 61.1 Å². The van der Waals surface area contributed by atoms with E-state index in [1.54, 1.807) is 0 Å². The van der Waals surface area contributed by atoms with Crippen molar-refractivity contribution in [3.63, 3.8) is 0 Å². The molecule has 4 heteroatoms. The molecule has 0 bridgehead atoms. The molecule has 0 radical (unpaired) electrons. The van der Waals surface area contributed by atoms with E-state index in [1.807, 2.05) is 6.92 Å². The third kappa shape index (κ3) is 2.47. The molecule has 4 nitrogen and oxygen atoms in total. The van der Waals surface area contributed by atoms with E-state index in [4.69, 9.17) is 0 Å². The van der Waals surface area contributed by atoms with E-state index in [9.17, 15) is 0 Å². The Morgan fingerprint density at radius 2 is 1.78 bits per heavy atom. The number of imidazole rings is 2. The summed E-state index contributed by atoms with van der Waals surface area (Å²) < 4.78 is 0. The SMILES string of the molecule is CCc1nc(C(C)C)[nH]c1Cc1nc(C)[nH]c1C. The monoisotopic (exact) mass is 246 g/mol. The highest BCUT2D eigenvalue weighted by molar-refractivity contribution is 5.25. The Labute approximate surface area is 108 Å². The van der Waals surface area contributed by atoms with Crippen LogP contribution in [0.15, 0.2) is 0 Å². The van der Waals surface area contributed by atoms with Gasteiger partial charge in [-0.2, -0.15) is 0 Å². The van der Waals surface area contributed by atoms with Gasteiger partial charge in [-0.25, -0.2) is 9.97 Å². The summed E-state index contributed by atoms with van der Waals surface area (Å²) in [5.74, 6) is 2.49. The second-order valence-corrected chi connectivity index (χ2v) is 5.13.